The molecule has 6 nitrogen and oxygen atoms in total. The zero-order valence-corrected chi connectivity index (χ0v) is 18.3. The van der Waals surface area contributed by atoms with Crippen molar-refractivity contribution in [1.82, 2.24) is 4.90 Å². The molecule has 33 heavy (non-hydrogen) atoms. The van der Waals surface area contributed by atoms with E-state index < -0.39 is 17.6 Å². The summed E-state index contributed by atoms with van der Waals surface area (Å²) in [5.41, 5.74) is 2.08. The van der Waals surface area contributed by atoms with Gasteiger partial charge in [-0.3, -0.25) is 14.5 Å². The van der Waals surface area contributed by atoms with Crippen molar-refractivity contribution >= 4 is 23.1 Å². The molecule has 0 aromatic heterocycles. The molecule has 1 heterocycles. The third-order valence-electron chi connectivity index (χ3n) is 5.26. The maximum atomic E-state index is 13.5. The number of carbonyl (C=O) groups excluding carboxylic acids is 2. The van der Waals surface area contributed by atoms with Gasteiger partial charge in [-0.05, 0) is 55.0 Å². The van der Waals surface area contributed by atoms with Crippen molar-refractivity contribution in [2.75, 3.05) is 19.0 Å². The Bertz CT molecular complexity index is 1200. The van der Waals surface area contributed by atoms with Gasteiger partial charge in [0.15, 0.2) is 0 Å². The molecule has 0 atom stereocenters. The summed E-state index contributed by atoms with van der Waals surface area (Å²) in [6.45, 7) is 2.48. The number of anilines is 1. The topological polar surface area (TPSA) is 67.9 Å². The van der Waals surface area contributed by atoms with E-state index in [-0.39, 0.29) is 17.8 Å². The van der Waals surface area contributed by atoms with Crippen molar-refractivity contribution < 1.29 is 23.5 Å². The number of methoxy groups -OCH3 is 1. The Hall–Kier alpha value is -4.13. The van der Waals surface area contributed by atoms with E-state index in [1.807, 2.05) is 19.1 Å². The van der Waals surface area contributed by atoms with Crippen LogP contribution in [0.4, 0.5) is 10.1 Å². The summed E-state index contributed by atoms with van der Waals surface area (Å²) in [6.07, 6.45) is 0. The zero-order chi connectivity index (χ0) is 23.4. The van der Waals surface area contributed by atoms with Crippen LogP contribution >= 0.6 is 0 Å². The SMILES string of the molecule is CCOc1ccc(NC2=C(c3ccc(F)cc3)C(=O)N(Cc3ccccc3OC)C2=O)cc1. The van der Waals surface area contributed by atoms with Crippen molar-refractivity contribution in [3.63, 3.8) is 0 Å². The van der Waals surface area contributed by atoms with Crippen molar-refractivity contribution in [2.24, 2.45) is 0 Å². The molecule has 3 aromatic rings. The van der Waals surface area contributed by atoms with E-state index in [1.54, 1.807) is 36.4 Å². The Morgan fingerprint density at radius 3 is 2.27 bits per heavy atom. The number of ether oxygens (including phenoxy) is 2. The van der Waals surface area contributed by atoms with Crippen LogP contribution in [0.2, 0.25) is 0 Å². The van der Waals surface area contributed by atoms with E-state index in [1.165, 1.54) is 31.4 Å². The van der Waals surface area contributed by atoms with Crippen molar-refractivity contribution in [2.45, 2.75) is 13.5 Å². The summed E-state index contributed by atoms with van der Waals surface area (Å²) < 4.78 is 24.4. The van der Waals surface area contributed by atoms with Crippen molar-refractivity contribution in [3.05, 3.63) is 95.4 Å². The van der Waals surface area contributed by atoms with Crippen molar-refractivity contribution in [1.29, 1.82) is 0 Å². The normalized spacial score (nSPS) is 13.5. The van der Waals surface area contributed by atoms with E-state index in [4.69, 9.17) is 9.47 Å². The fourth-order valence-corrected chi connectivity index (χ4v) is 3.67. The molecule has 1 aliphatic heterocycles. The lowest BCUT2D eigenvalue weighted by Crippen LogP contribution is -2.32. The van der Waals surface area contributed by atoms with E-state index in [2.05, 4.69) is 5.32 Å². The summed E-state index contributed by atoms with van der Waals surface area (Å²) in [7, 11) is 1.54. The van der Waals surface area contributed by atoms with Gasteiger partial charge in [0.25, 0.3) is 11.8 Å². The summed E-state index contributed by atoms with van der Waals surface area (Å²) in [5, 5.41) is 3.08. The third kappa shape index (κ3) is 4.57. The van der Waals surface area contributed by atoms with Gasteiger partial charge in [-0.15, -0.1) is 0 Å². The predicted molar refractivity (Wildman–Crippen MR) is 123 cm³/mol. The first-order chi connectivity index (χ1) is 16.0. The molecule has 0 aliphatic carbocycles. The van der Waals surface area contributed by atoms with Crippen LogP contribution in [0.3, 0.4) is 0 Å². The second-order valence-corrected chi connectivity index (χ2v) is 7.35. The van der Waals surface area contributed by atoms with Gasteiger partial charge < -0.3 is 14.8 Å². The van der Waals surface area contributed by atoms with E-state index in [9.17, 15) is 14.0 Å². The minimum atomic E-state index is -0.473. The quantitative estimate of drug-likeness (QED) is 0.511. The van der Waals surface area contributed by atoms with E-state index >= 15 is 0 Å². The first-order valence-electron chi connectivity index (χ1n) is 10.5. The second kappa shape index (κ2) is 9.56. The first-order valence-corrected chi connectivity index (χ1v) is 10.5. The molecule has 0 bridgehead atoms. The maximum absolute atomic E-state index is 13.5. The highest BCUT2D eigenvalue weighted by Gasteiger charge is 2.39. The smallest absolute Gasteiger partial charge is 0.278 e. The second-order valence-electron chi connectivity index (χ2n) is 7.35. The fourth-order valence-electron chi connectivity index (χ4n) is 3.67. The average Bonchev–Trinajstić information content (AvgIpc) is 3.05. The highest BCUT2D eigenvalue weighted by molar-refractivity contribution is 6.36. The molecule has 1 aliphatic rings. The number of halogens is 1. The molecule has 2 amide bonds. The number of hydrogen-bond acceptors (Lipinski definition) is 5. The van der Waals surface area contributed by atoms with Gasteiger partial charge >= 0.3 is 0 Å². The van der Waals surface area contributed by atoms with Crippen molar-refractivity contribution in [3.8, 4) is 11.5 Å². The molecule has 168 valence electrons. The van der Waals surface area contributed by atoms with Gasteiger partial charge in [0.05, 0.1) is 25.8 Å². The fraction of sp³-hybridized carbons (Fsp3) is 0.154. The Balaban J connectivity index is 1.70. The number of nitrogens with one attached hydrogen (secondary N) is 1. The minimum Gasteiger partial charge on any atom is -0.496 e. The number of para-hydroxylation sites is 1. The monoisotopic (exact) mass is 446 g/mol. The number of nitrogens with zero attached hydrogens (tertiary/aromatic N) is 1. The minimum absolute atomic E-state index is 0.0425. The van der Waals surface area contributed by atoms with Gasteiger partial charge in [-0.1, -0.05) is 30.3 Å². The number of hydrogen-bond donors (Lipinski definition) is 1. The molecule has 0 spiro atoms. The summed E-state index contributed by atoms with van der Waals surface area (Å²) in [4.78, 5) is 27.9. The Morgan fingerprint density at radius 1 is 0.909 bits per heavy atom. The van der Waals surface area contributed by atoms with Gasteiger partial charge in [0, 0.05) is 11.3 Å². The van der Waals surface area contributed by atoms with Crippen LogP contribution < -0.4 is 14.8 Å². The lowest BCUT2D eigenvalue weighted by Gasteiger charge is -2.17. The maximum Gasteiger partial charge on any atom is 0.278 e. The Kier molecular flexibility index (Phi) is 6.40. The van der Waals surface area contributed by atoms with Crippen LogP contribution in [-0.4, -0.2) is 30.4 Å². The molecule has 1 N–H and O–H groups in total. The summed E-state index contributed by atoms with van der Waals surface area (Å²) in [5.74, 6) is -0.0927. The lowest BCUT2D eigenvalue weighted by atomic mass is 10.0. The predicted octanol–water partition coefficient (Wildman–Crippen LogP) is 4.63. The molecular weight excluding hydrogens is 423 g/mol. The molecular formula is C26H23FN2O4. The van der Waals surface area contributed by atoms with E-state index in [0.29, 0.717) is 34.9 Å². The first kappa shape index (κ1) is 22.1. The van der Waals surface area contributed by atoms with Crippen LogP contribution in [0, 0.1) is 5.82 Å². The number of rotatable bonds is 8. The van der Waals surface area contributed by atoms with Gasteiger partial charge in [0.1, 0.15) is 23.0 Å². The molecule has 0 unspecified atom stereocenters. The number of imide groups is 1. The van der Waals surface area contributed by atoms with Crippen LogP contribution in [0.1, 0.15) is 18.1 Å². The average molecular weight is 446 g/mol. The van der Waals surface area contributed by atoms with Crippen LogP contribution in [0.25, 0.3) is 5.57 Å². The molecule has 0 saturated carbocycles. The highest BCUT2D eigenvalue weighted by Crippen LogP contribution is 2.33. The highest BCUT2D eigenvalue weighted by atomic mass is 19.1. The Morgan fingerprint density at radius 2 is 1.61 bits per heavy atom. The van der Waals surface area contributed by atoms with Gasteiger partial charge in [-0.25, -0.2) is 4.39 Å². The lowest BCUT2D eigenvalue weighted by molar-refractivity contribution is -0.137. The molecule has 0 radical (unpaired) electrons. The zero-order valence-electron chi connectivity index (χ0n) is 18.3. The Labute approximate surface area is 191 Å². The summed E-state index contributed by atoms with van der Waals surface area (Å²) in [6, 6.07) is 19.8. The number of carbonyl (C=O) groups is 2. The number of benzene rings is 3. The standard InChI is InChI=1S/C26H23FN2O4/c1-3-33-21-14-12-20(13-15-21)28-24-23(17-8-10-19(27)11-9-17)25(30)29(26(24)31)16-18-6-4-5-7-22(18)32-2/h4-15,28H,3,16H2,1-2H3. The number of amides is 2. The molecule has 0 saturated heterocycles. The molecule has 0 fully saturated rings. The molecule has 3 aromatic carbocycles. The van der Waals surface area contributed by atoms with Gasteiger partial charge in [0.2, 0.25) is 0 Å². The molecule has 7 heteroatoms. The van der Waals surface area contributed by atoms with Crippen LogP contribution in [-0.2, 0) is 16.1 Å². The van der Waals surface area contributed by atoms with E-state index in [0.717, 1.165) is 4.90 Å². The van der Waals surface area contributed by atoms with Crippen LogP contribution in [0.15, 0.2) is 78.5 Å². The third-order valence-corrected chi connectivity index (χ3v) is 5.26. The largest absolute Gasteiger partial charge is 0.496 e. The summed E-state index contributed by atoms with van der Waals surface area (Å²) >= 11 is 0. The molecule has 4 rings (SSSR count). The van der Waals surface area contributed by atoms with Gasteiger partial charge in [-0.2, -0.15) is 0 Å². The van der Waals surface area contributed by atoms with Crippen LogP contribution in [0.5, 0.6) is 11.5 Å².